The first-order valence-corrected chi connectivity index (χ1v) is 5.04. The quantitative estimate of drug-likeness (QED) is 0.473. The number of nitrogens with two attached hydrogens (primary N) is 1. The van der Waals surface area contributed by atoms with E-state index in [2.05, 4.69) is 5.32 Å². The molecule has 18 heavy (non-hydrogen) atoms. The van der Waals surface area contributed by atoms with Crippen molar-refractivity contribution in [2.24, 2.45) is 5.73 Å². The van der Waals surface area contributed by atoms with Crippen LogP contribution < -0.4 is 16.4 Å². The van der Waals surface area contributed by atoms with Gasteiger partial charge in [0.05, 0.1) is 0 Å². The molecule has 0 aliphatic heterocycles. The number of carbonyl (C=O) groups is 4. The Labute approximate surface area is 103 Å². The molecule has 5 N–H and O–H groups in total. The predicted octanol–water partition coefficient (Wildman–Crippen LogP) is -0.891. The fourth-order valence-corrected chi connectivity index (χ4v) is 0.871. The third-order valence-corrected chi connectivity index (χ3v) is 2.11. The van der Waals surface area contributed by atoms with Crippen LogP contribution in [0.4, 0.5) is 4.79 Å². The van der Waals surface area contributed by atoms with E-state index in [0.29, 0.717) is 0 Å². The second-order valence-electron chi connectivity index (χ2n) is 3.48. The summed E-state index contributed by atoms with van der Waals surface area (Å²) in [4.78, 5) is 43.6. The van der Waals surface area contributed by atoms with E-state index >= 15 is 0 Å². The molecule has 0 aromatic carbocycles. The van der Waals surface area contributed by atoms with Gasteiger partial charge in [0.15, 0.2) is 0 Å². The van der Waals surface area contributed by atoms with Crippen molar-refractivity contribution in [1.82, 2.24) is 10.6 Å². The van der Waals surface area contributed by atoms with Crippen LogP contribution in [0.15, 0.2) is 11.1 Å². The van der Waals surface area contributed by atoms with Gasteiger partial charge in [-0.2, -0.15) is 0 Å². The number of nitrogens with one attached hydrogen (secondary N) is 2. The normalized spacial score (nSPS) is 11.2. The molecular weight excluding hydrogens is 242 g/mol. The van der Waals surface area contributed by atoms with Gasteiger partial charge in [0.25, 0.3) is 5.91 Å². The fourth-order valence-electron chi connectivity index (χ4n) is 0.871. The highest BCUT2D eigenvalue weighted by molar-refractivity contribution is 6.07. The van der Waals surface area contributed by atoms with Crippen molar-refractivity contribution in [2.75, 3.05) is 6.54 Å². The Morgan fingerprint density at radius 2 is 1.67 bits per heavy atom. The smallest absolute Gasteiger partial charge is 0.331 e. The number of carboxylic acid groups (broad SMARTS) is 1. The molecule has 0 spiro atoms. The van der Waals surface area contributed by atoms with Crippen molar-refractivity contribution < 1.29 is 24.3 Å². The summed E-state index contributed by atoms with van der Waals surface area (Å²) >= 11 is 0. The maximum atomic E-state index is 11.4. The molecule has 4 amide bonds. The third kappa shape index (κ3) is 5.64. The van der Waals surface area contributed by atoms with Crippen LogP contribution in [0.25, 0.3) is 0 Å². The number of carboxylic acids is 1. The Hall–Kier alpha value is -2.38. The maximum absolute atomic E-state index is 11.4. The molecule has 0 saturated carbocycles. The largest absolute Gasteiger partial charge is 0.478 e. The van der Waals surface area contributed by atoms with Gasteiger partial charge >= 0.3 is 12.0 Å². The highest BCUT2D eigenvalue weighted by Crippen LogP contribution is 2.02. The summed E-state index contributed by atoms with van der Waals surface area (Å²) in [5, 5.41) is 12.8. The fraction of sp³-hybridized carbons (Fsp3) is 0.400. The zero-order valence-corrected chi connectivity index (χ0v) is 10.1. The van der Waals surface area contributed by atoms with Crippen molar-refractivity contribution in [3.63, 3.8) is 0 Å². The first kappa shape index (κ1) is 15.6. The van der Waals surface area contributed by atoms with Gasteiger partial charge in [0.2, 0.25) is 5.91 Å². The molecular formula is C10H15N3O5. The van der Waals surface area contributed by atoms with Gasteiger partial charge in [-0.3, -0.25) is 14.9 Å². The minimum Gasteiger partial charge on any atom is -0.478 e. The van der Waals surface area contributed by atoms with Crippen LogP contribution in [-0.4, -0.2) is 35.5 Å². The van der Waals surface area contributed by atoms with Crippen molar-refractivity contribution in [3.8, 4) is 0 Å². The molecule has 0 rings (SSSR count). The number of carbonyl (C=O) groups excluding carboxylic acids is 3. The van der Waals surface area contributed by atoms with Crippen molar-refractivity contribution in [2.45, 2.75) is 20.3 Å². The monoisotopic (exact) mass is 257 g/mol. The number of urea groups is 1. The molecule has 8 heteroatoms. The van der Waals surface area contributed by atoms with Crippen LogP contribution in [-0.2, 0) is 14.4 Å². The van der Waals surface area contributed by atoms with E-state index < -0.39 is 23.8 Å². The number of amides is 4. The second kappa shape index (κ2) is 7.05. The van der Waals surface area contributed by atoms with E-state index in [4.69, 9.17) is 10.8 Å². The zero-order valence-electron chi connectivity index (χ0n) is 10.1. The lowest BCUT2D eigenvalue weighted by molar-refractivity contribution is -0.133. The van der Waals surface area contributed by atoms with Crippen molar-refractivity contribution in [1.29, 1.82) is 0 Å². The Bertz CT molecular complexity index is 414. The van der Waals surface area contributed by atoms with E-state index in [-0.39, 0.29) is 24.1 Å². The Morgan fingerprint density at radius 3 is 2.11 bits per heavy atom. The zero-order chi connectivity index (χ0) is 14.3. The molecule has 0 aromatic rings. The van der Waals surface area contributed by atoms with E-state index in [9.17, 15) is 19.2 Å². The molecule has 0 heterocycles. The SMILES string of the molecule is CC(C(=O)O)=C(C)C(=O)NC(=O)NCCC(N)=O. The summed E-state index contributed by atoms with van der Waals surface area (Å²) in [5.41, 5.74) is 4.62. The predicted molar refractivity (Wildman–Crippen MR) is 61.4 cm³/mol. The van der Waals surface area contributed by atoms with Gasteiger partial charge in [-0.05, 0) is 13.8 Å². The number of imide groups is 1. The summed E-state index contributed by atoms with van der Waals surface area (Å²) in [6, 6.07) is -0.821. The standard InChI is InChI=1S/C10H15N3O5/c1-5(6(2)9(16)17)8(15)13-10(18)12-4-3-7(11)14/h3-4H2,1-2H3,(H2,11,14)(H,16,17)(H2,12,13,15,18). The van der Waals surface area contributed by atoms with Gasteiger partial charge in [0, 0.05) is 24.1 Å². The second-order valence-corrected chi connectivity index (χ2v) is 3.48. The number of rotatable bonds is 5. The van der Waals surface area contributed by atoms with Crippen LogP contribution in [0.3, 0.4) is 0 Å². The number of hydrogen-bond acceptors (Lipinski definition) is 4. The molecule has 0 aliphatic carbocycles. The molecule has 0 aromatic heterocycles. The summed E-state index contributed by atoms with van der Waals surface area (Å²) in [6.45, 7) is 2.53. The molecule has 8 nitrogen and oxygen atoms in total. The lowest BCUT2D eigenvalue weighted by atomic mass is 10.1. The van der Waals surface area contributed by atoms with Crippen LogP contribution in [0, 0.1) is 0 Å². The van der Waals surface area contributed by atoms with Gasteiger partial charge in [-0.25, -0.2) is 9.59 Å². The maximum Gasteiger partial charge on any atom is 0.331 e. The van der Waals surface area contributed by atoms with Crippen molar-refractivity contribution in [3.05, 3.63) is 11.1 Å². The Balaban J connectivity index is 4.32. The minimum absolute atomic E-state index is 0.00484. The van der Waals surface area contributed by atoms with E-state index in [1.54, 1.807) is 0 Å². The highest BCUT2D eigenvalue weighted by atomic mass is 16.4. The Morgan fingerprint density at radius 1 is 1.11 bits per heavy atom. The number of hydrogen-bond donors (Lipinski definition) is 4. The van der Waals surface area contributed by atoms with Crippen LogP contribution >= 0.6 is 0 Å². The summed E-state index contributed by atoms with van der Waals surface area (Å²) < 4.78 is 0. The number of primary amides is 1. The summed E-state index contributed by atoms with van der Waals surface area (Å²) in [6.07, 6.45) is -0.0510. The molecule has 0 aliphatic rings. The Kier molecular flexibility index (Phi) is 6.11. The molecule has 0 radical (unpaired) electrons. The van der Waals surface area contributed by atoms with Gasteiger partial charge in [-0.1, -0.05) is 0 Å². The third-order valence-electron chi connectivity index (χ3n) is 2.11. The van der Waals surface area contributed by atoms with Crippen LogP contribution in [0.2, 0.25) is 0 Å². The number of aliphatic carboxylic acids is 1. The summed E-state index contributed by atoms with van der Waals surface area (Å²) in [5.74, 6) is -2.64. The first-order valence-electron chi connectivity index (χ1n) is 5.04. The topological polar surface area (TPSA) is 139 Å². The lowest BCUT2D eigenvalue weighted by Crippen LogP contribution is -2.41. The van der Waals surface area contributed by atoms with Crippen LogP contribution in [0.1, 0.15) is 20.3 Å². The average molecular weight is 257 g/mol. The minimum atomic E-state index is -1.24. The molecule has 0 fully saturated rings. The first-order chi connectivity index (χ1) is 8.25. The van der Waals surface area contributed by atoms with E-state index in [1.165, 1.54) is 13.8 Å². The highest BCUT2D eigenvalue weighted by Gasteiger charge is 2.14. The molecule has 100 valence electrons. The van der Waals surface area contributed by atoms with Gasteiger partial charge < -0.3 is 16.2 Å². The average Bonchev–Trinajstić information content (AvgIpc) is 2.26. The van der Waals surface area contributed by atoms with Crippen LogP contribution in [0.5, 0.6) is 0 Å². The van der Waals surface area contributed by atoms with Crippen molar-refractivity contribution >= 4 is 23.8 Å². The molecule has 0 unspecified atom stereocenters. The summed E-state index contributed by atoms with van der Waals surface area (Å²) in [7, 11) is 0. The van der Waals surface area contributed by atoms with E-state index in [1.807, 2.05) is 5.32 Å². The molecule has 0 bridgehead atoms. The van der Waals surface area contributed by atoms with Gasteiger partial charge in [-0.15, -0.1) is 0 Å². The molecule has 0 atom stereocenters. The molecule has 0 saturated heterocycles. The lowest BCUT2D eigenvalue weighted by Gasteiger charge is -2.07. The van der Waals surface area contributed by atoms with Gasteiger partial charge in [0.1, 0.15) is 0 Å². The van der Waals surface area contributed by atoms with E-state index in [0.717, 1.165) is 0 Å².